The highest BCUT2D eigenvalue weighted by Crippen LogP contribution is 2.28. The number of para-hydroxylation sites is 1. The molecule has 1 amide bonds. The Morgan fingerprint density at radius 2 is 1.96 bits per heavy atom. The van der Waals surface area contributed by atoms with Gasteiger partial charge in [-0.05, 0) is 30.2 Å². The lowest BCUT2D eigenvalue weighted by atomic mass is 10.2. The van der Waals surface area contributed by atoms with Crippen molar-refractivity contribution in [2.45, 2.75) is 19.3 Å². The summed E-state index contributed by atoms with van der Waals surface area (Å²) in [5.41, 5.74) is 2.95. The molecule has 4 rings (SSSR count). The number of aryl methyl sites for hydroxylation is 1. The van der Waals surface area contributed by atoms with E-state index in [0.717, 1.165) is 24.2 Å². The first-order valence-corrected chi connectivity index (χ1v) is 8.56. The minimum Gasteiger partial charge on any atom is -0.339 e. The molecular formula is C19H16ClN3O2. The fourth-order valence-corrected chi connectivity index (χ4v) is 3.27. The number of anilines is 1. The number of carbonyl (C=O) groups excluding carboxylic acids is 1. The molecule has 1 aliphatic rings. The average Bonchev–Trinajstić information content (AvgIpc) is 3.27. The zero-order chi connectivity index (χ0) is 17.2. The molecule has 0 atom stereocenters. The molecule has 3 aromatic rings. The van der Waals surface area contributed by atoms with E-state index in [1.54, 1.807) is 6.07 Å². The predicted octanol–water partition coefficient (Wildman–Crippen LogP) is 3.91. The highest BCUT2D eigenvalue weighted by Gasteiger charge is 2.24. The number of nitrogens with zero attached hydrogens (tertiary/aromatic N) is 3. The summed E-state index contributed by atoms with van der Waals surface area (Å²) in [6, 6.07) is 15.3. The fourth-order valence-electron chi connectivity index (χ4n) is 3.05. The summed E-state index contributed by atoms with van der Waals surface area (Å²) in [6.45, 7) is 0.729. The van der Waals surface area contributed by atoms with E-state index in [2.05, 4.69) is 16.2 Å². The summed E-state index contributed by atoms with van der Waals surface area (Å²) >= 11 is 6.15. The maximum absolute atomic E-state index is 12.5. The minimum atomic E-state index is 0.0717. The number of fused-ring (bicyclic) bond motifs is 1. The van der Waals surface area contributed by atoms with Crippen LogP contribution in [0.5, 0.6) is 0 Å². The Hall–Kier alpha value is -2.66. The predicted molar refractivity (Wildman–Crippen MR) is 95.6 cm³/mol. The second kappa shape index (κ2) is 6.69. The molecule has 6 heteroatoms. The second-order valence-corrected chi connectivity index (χ2v) is 6.32. The third-order valence-electron chi connectivity index (χ3n) is 4.32. The Balaban J connectivity index is 1.43. The number of hydrogen-bond donors (Lipinski definition) is 0. The summed E-state index contributed by atoms with van der Waals surface area (Å²) in [6.07, 6.45) is 1.65. The third kappa shape index (κ3) is 3.15. The van der Waals surface area contributed by atoms with E-state index in [0.29, 0.717) is 29.6 Å². The topological polar surface area (TPSA) is 59.2 Å². The molecule has 5 nitrogen and oxygen atoms in total. The van der Waals surface area contributed by atoms with Crippen LogP contribution in [0.25, 0.3) is 11.4 Å². The minimum absolute atomic E-state index is 0.0717. The van der Waals surface area contributed by atoms with Gasteiger partial charge < -0.3 is 9.42 Å². The third-order valence-corrected chi connectivity index (χ3v) is 4.65. The van der Waals surface area contributed by atoms with Gasteiger partial charge >= 0.3 is 0 Å². The van der Waals surface area contributed by atoms with Crippen molar-refractivity contribution in [2.75, 3.05) is 11.4 Å². The molecule has 0 fully saturated rings. The van der Waals surface area contributed by atoms with Crippen molar-refractivity contribution < 1.29 is 9.32 Å². The van der Waals surface area contributed by atoms with E-state index < -0.39 is 0 Å². The molecule has 1 aliphatic heterocycles. The van der Waals surface area contributed by atoms with Gasteiger partial charge in [0.25, 0.3) is 0 Å². The molecule has 0 N–H and O–H groups in total. The molecule has 0 unspecified atom stereocenters. The standard InChI is InChI=1S/C19H16ClN3O2/c20-15-7-3-2-6-14(15)19-21-17(25-22-19)9-10-18(24)23-12-11-13-5-1-4-8-16(13)23/h1-8H,9-12H2. The largest absolute Gasteiger partial charge is 0.339 e. The van der Waals surface area contributed by atoms with Crippen LogP contribution in [0, 0.1) is 0 Å². The zero-order valence-electron chi connectivity index (χ0n) is 13.5. The van der Waals surface area contributed by atoms with Crippen molar-refractivity contribution in [2.24, 2.45) is 0 Å². The first kappa shape index (κ1) is 15.8. The smallest absolute Gasteiger partial charge is 0.227 e. The van der Waals surface area contributed by atoms with Crippen molar-refractivity contribution in [3.05, 3.63) is 65.0 Å². The van der Waals surface area contributed by atoms with Crippen molar-refractivity contribution in [1.29, 1.82) is 0 Å². The van der Waals surface area contributed by atoms with Gasteiger partial charge in [0.1, 0.15) is 0 Å². The quantitative estimate of drug-likeness (QED) is 0.713. The van der Waals surface area contributed by atoms with Gasteiger partial charge in [0, 0.05) is 30.6 Å². The Kier molecular flexibility index (Phi) is 4.24. The summed E-state index contributed by atoms with van der Waals surface area (Å²) < 4.78 is 5.27. The van der Waals surface area contributed by atoms with Gasteiger partial charge in [-0.25, -0.2) is 0 Å². The molecule has 0 spiro atoms. The summed E-state index contributed by atoms with van der Waals surface area (Å²) in [5.74, 6) is 0.956. The van der Waals surface area contributed by atoms with Gasteiger partial charge in [0.15, 0.2) is 0 Å². The van der Waals surface area contributed by atoms with Gasteiger partial charge in [-0.3, -0.25) is 4.79 Å². The van der Waals surface area contributed by atoms with E-state index in [9.17, 15) is 4.79 Å². The number of hydrogen-bond acceptors (Lipinski definition) is 4. The van der Waals surface area contributed by atoms with Crippen LogP contribution in [-0.2, 0) is 17.6 Å². The molecule has 126 valence electrons. The lowest BCUT2D eigenvalue weighted by Crippen LogP contribution is -2.29. The Morgan fingerprint density at radius 3 is 2.84 bits per heavy atom. The van der Waals surface area contributed by atoms with Crippen LogP contribution in [0.1, 0.15) is 17.9 Å². The number of carbonyl (C=O) groups is 1. The normalized spacial score (nSPS) is 13.1. The highest BCUT2D eigenvalue weighted by molar-refractivity contribution is 6.33. The van der Waals surface area contributed by atoms with Crippen LogP contribution >= 0.6 is 11.6 Å². The average molecular weight is 354 g/mol. The van der Waals surface area contributed by atoms with Crippen LogP contribution in [0.4, 0.5) is 5.69 Å². The first-order chi connectivity index (χ1) is 12.2. The van der Waals surface area contributed by atoms with Crippen LogP contribution < -0.4 is 4.90 Å². The van der Waals surface area contributed by atoms with E-state index >= 15 is 0 Å². The van der Waals surface area contributed by atoms with Gasteiger partial charge in [-0.15, -0.1) is 0 Å². The molecule has 2 aromatic carbocycles. The monoisotopic (exact) mass is 353 g/mol. The number of benzene rings is 2. The van der Waals surface area contributed by atoms with Gasteiger partial charge in [-0.1, -0.05) is 47.1 Å². The number of halogens is 1. The van der Waals surface area contributed by atoms with E-state index in [1.165, 1.54) is 5.56 Å². The molecule has 0 bridgehead atoms. The molecule has 0 radical (unpaired) electrons. The maximum Gasteiger partial charge on any atom is 0.227 e. The Morgan fingerprint density at radius 1 is 1.16 bits per heavy atom. The molecule has 25 heavy (non-hydrogen) atoms. The van der Waals surface area contributed by atoms with Crippen molar-refractivity contribution in [1.82, 2.24) is 10.1 Å². The maximum atomic E-state index is 12.5. The van der Waals surface area contributed by atoms with Crippen molar-refractivity contribution in [3.63, 3.8) is 0 Å². The highest BCUT2D eigenvalue weighted by atomic mass is 35.5. The molecule has 1 aromatic heterocycles. The van der Waals surface area contributed by atoms with E-state index in [1.807, 2.05) is 41.3 Å². The number of aromatic nitrogens is 2. The SMILES string of the molecule is O=C(CCc1nc(-c2ccccc2Cl)no1)N1CCc2ccccc21. The molecule has 0 saturated heterocycles. The molecule has 0 saturated carbocycles. The second-order valence-electron chi connectivity index (χ2n) is 5.92. The van der Waals surface area contributed by atoms with Crippen LogP contribution in [0.3, 0.4) is 0 Å². The molecule has 2 heterocycles. The summed E-state index contributed by atoms with van der Waals surface area (Å²) in [7, 11) is 0. The number of rotatable bonds is 4. The Labute approximate surface area is 150 Å². The Bertz CT molecular complexity index is 922. The van der Waals surface area contributed by atoms with Gasteiger partial charge in [0.05, 0.1) is 5.02 Å². The molecule has 0 aliphatic carbocycles. The molecular weight excluding hydrogens is 338 g/mol. The number of amides is 1. The fraction of sp³-hybridized carbons (Fsp3) is 0.211. The van der Waals surface area contributed by atoms with Gasteiger partial charge in [0.2, 0.25) is 17.6 Å². The van der Waals surface area contributed by atoms with Crippen LogP contribution in [0.2, 0.25) is 5.02 Å². The summed E-state index contributed by atoms with van der Waals surface area (Å²) in [5, 5.41) is 4.53. The zero-order valence-corrected chi connectivity index (χ0v) is 14.2. The van der Waals surface area contributed by atoms with Crippen LogP contribution in [0.15, 0.2) is 53.1 Å². The van der Waals surface area contributed by atoms with Crippen LogP contribution in [-0.4, -0.2) is 22.6 Å². The van der Waals surface area contributed by atoms with Crippen molar-refractivity contribution >= 4 is 23.2 Å². The van der Waals surface area contributed by atoms with E-state index in [-0.39, 0.29) is 5.91 Å². The lowest BCUT2D eigenvalue weighted by molar-refractivity contribution is -0.118. The van der Waals surface area contributed by atoms with E-state index in [4.69, 9.17) is 16.1 Å². The first-order valence-electron chi connectivity index (χ1n) is 8.18. The lowest BCUT2D eigenvalue weighted by Gasteiger charge is -2.16. The van der Waals surface area contributed by atoms with Crippen molar-refractivity contribution in [3.8, 4) is 11.4 Å². The summed E-state index contributed by atoms with van der Waals surface area (Å²) in [4.78, 5) is 18.7. The van der Waals surface area contributed by atoms with Gasteiger partial charge in [-0.2, -0.15) is 4.98 Å².